The molecule has 0 aliphatic heterocycles. The van der Waals surface area contributed by atoms with E-state index in [4.69, 9.17) is 11.6 Å². The molecule has 3 heteroatoms. The molecule has 1 aromatic rings. The van der Waals surface area contributed by atoms with Crippen LogP contribution in [-0.4, -0.2) is 18.1 Å². The molecular weight excluding hydrogens is 256 g/mol. The fourth-order valence-corrected chi connectivity index (χ4v) is 3.38. The van der Waals surface area contributed by atoms with E-state index in [1.54, 1.807) is 6.20 Å². The van der Waals surface area contributed by atoms with E-state index in [0.717, 1.165) is 36.4 Å². The van der Waals surface area contributed by atoms with Gasteiger partial charge in [-0.15, -0.1) is 0 Å². The summed E-state index contributed by atoms with van der Waals surface area (Å²) < 4.78 is 0. The van der Waals surface area contributed by atoms with Crippen molar-refractivity contribution in [3.63, 3.8) is 0 Å². The summed E-state index contributed by atoms with van der Waals surface area (Å²) in [5, 5.41) is 4.36. The Labute approximate surface area is 122 Å². The van der Waals surface area contributed by atoms with Gasteiger partial charge in [0.1, 0.15) is 0 Å². The molecule has 0 bridgehead atoms. The van der Waals surface area contributed by atoms with Gasteiger partial charge in [-0.05, 0) is 55.8 Å². The van der Waals surface area contributed by atoms with Gasteiger partial charge in [-0.3, -0.25) is 4.98 Å². The minimum absolute atomic E-state index is 0.765. The molecule has 1 saturated carbocycles. The molecule has 0 spiro atoms. The number of aromatic nitrogens is 1. The van der Waals surface area contributed by atoms with E-state index >= 15 is 0 Å². The Morgan fingerprint density at radius 2 is 2.05 bits per heavy atom. The van der Waals surface area contributed by atoms with Gasteiger partial charge in [0.25, 0.3) is 0 Å². The third-order valence-corrected chi connectivity index (χ3v) is 4.65. The van der Waals surface area contributed by atoms with E-state index in [9.17, 15) is 0 Å². The first-order valence-corrected chi connectivity index (χ1v) is 7.98. The van der Waals surface area contributed by atoms with Crippen LogP contribution in [0.4, 0.5) is 0 Å². The van der Waals surface area contributed by atoms with E-state index in [2.05, 4.69) is 23.3 Å². The second kappa shape index (κ2) is 7.86. The van der Waals surface area contributed by atoms with E-state index < -0.39 is 0 Å². The van der Waals surface area contributed by atoms with Gasteiger partial charge in [-0.25, -0.2) is 0 Å². The second-order valence-corrected chi connectivity index (χ2v) is 6.04. The molecule has 0 saturated heterocycles. The van der Waals surface area contributed by atoms with E-state index in [0.29, 0.717) is 0 Å². The zero-order valence-corrected chi connectivity index (χ0v) is 12.6. The maximum Gasteiger partial charge on any atom is 0.0621 e. The third kappa shape index (κ3) is 4.47. The van der Waals surface area contributed by atoms with Crippen molar-refractivity contribution >= 4 is 11.6 Å². The number of hydrogen-bond donors (Lipinski definition) is 1. The zero-order valence-electron chi connectivity index (χ0n) is 11.9. The van der Waals surface area contributed by atoms with Crippen molar-refractivity contribution in [1.82, 2.24) is 10.3 Å². The first-order chi connectivity index (χ1) is 9.31. The highest BCUT2D eigenvalue weighted by Crippen LogP contribution is 2.32. The van der Waals surface area contributed by atoms with Gasteiger partial charge in [-0.2, -0.15) is 0 Å². The van der Waals surface area contributed by atoms with Crippen LogP contribution in [0.15, 0.2) is 18.5 Å². The van der Waals surface area contributed by atoms with Crippen LogP contribution >= 0.6 is 11.6 Å². The van der Waals surface area contributed by atoms with Gasteiger partial charge in [0.2, 0.25) is 0 Å². The molecule has 2 atom stereocenters. The van der Waals surface area contributed by atoms with E-state index in [-0.39, 0.29) is 0 Å². The number of rotatable bonds is 5. The molecule has 106 valence electrons. The summed E-state index contributed by atoms with van der Waals surface area (Å²) in [6.45, 7) is 4.41. The fourth-order valence-electron chi connectivity index (χ4n) is 3.18. The van der Waals surface area contributed by atoms with Crippen LogP contribution in [0.25, 0.3) is 0 Å². The van der Waals surface area contributed by atoms with Crippen LogP contribution in [0.5, 0.6) is 0 Å². The first-order valence-electron chi connectivity index (χ1n) is 7.60. The number of nitrogens with zero attached hydrogens (tertiary/aromatic N) is 1. The zero-order chi connectivity index (χ0) is 13.5. The van der Waals surface area contributed by atoms with Gasteiger partial charge in [0.15, 0.2) is 0 Å². The Balaban J connectivity index is 2.03. The average Bonchev–Trinajstić information content (AvgIpc) is 2.64. The van der Waals surface area contributed by atoms with E-state index in [1.165, 1.54) is 37.7 Å². The largest absolute Gasteiger partial charge is 0.317 e. The van der Waals surface area contributed by atoms with Crippen molar-refractivity contribution in [2.24, 2.45) is 11.8 Å². The fraction of sp³-hybridized carbons (Fsp3) is 0.688. The van der Waals surface area contributed by atoms with Crippen molar-refractivity contribution in [2.45, 2.75) is 45.4 Å². The normalized spacial score (nSPS) is 24.1. The van der Waals surface area contributed by atoms with Crippen molar-refractivity contribution in [3.05, 3.63) is 29.0 Å². The Hall–Kier alpha value is -0.600. The minimum Gasteiger partial charge on any atom is -0.317 e. The summed E-state index contributed by atoms with van der Waals surface area (Å²) in [5.74, 6) is 1.56. The van der Waals surface area contributed by atoms with Crippen molar-refractivity contribution < 1.29 is 0 Å². The quantitative estimate of drug-likeness (QED) is 0.822. The molecule has 1 N–H and O–H groups in total. The third-order valence-electron chi connectivity index (χ3n) is 4.31. The predicted octanol–water partition coefficient (Wildman–Crippen LogP) is 4.08. The summed E-state index contributed by atoms with van der Waals surface area (Å²) >= 11 is 6.26. The van der Waals surface area contributed by atoms with Crippen LogP contribution < -0.4 is 5.32 Å². The van der Waals surface area contributed by atoms with Gasteiger partial charge in [0, 0.05) is 12.4 Å². The van der Waals surface area contributed by atoms with E-state index in [1.807, 2.05) is 6.20 Å². The summed E-state index contributed by atoms with van der Waals surface area (Å²) in [6, 6.07) is 2.08. The lowest BCUT2D eigenvalue weighted by atomic mass is 9.83. The lowest BCUT2D eigenvalue weighted by molar-refractivity contribution is 0.299. The van der Waals surface area contributed by atoms with Gasteiger partial charge < -0.3 is 5.32 Å². The van der Waals surface area contributed by atoms with Crippen molar-refractivity contribution in [2.75, 3.05) is 13.1 Å². The molecule has 0 aromatic carbocycles. The molecule has 2 rings (SSSR count). The topological polar surface area (TPSA) is 24.9 Å². The standard InChI is InChI=1S/C16H25ClN2/c1-2-18-11-15-7-5-3-4-6-13(15)10-14-8-9-19-12-16(14)17/h8-9,12-13,15,18H,2-7,10-11H2,1H3. The maximum atomic E-state index is 6.26. The Kier molecular flexibility index (Phi) is 6.12. The molecule has 0 amide bonds. The molecule has 19 heavy (non-hydrogen) atoms. The molecule has 2 unspecified atom stereocenters. The van der Waals surface area contributed by atoms with Gasteiger partial charge >= 0.3 is 0 Å². The summed E-state index contributed by atoms with van der Waals surface area (Å²) in [6.07, 6.45) is 11.6. The highest BCUT2D eigenvalue weighted by molar-refractivity contribution is 6.31. The minimum atomic E-state index is 0.765. The second-order valence-electron chi connectivity index (χ2n) is 5.64. The number of halogens is 1. The molecule has 1 aromatic heterocycles. The molecule has 1 heterocycles. The lowest BCUT2D eigenvalue weighted by Gasteiger charge is -2.25. The van der Waals surface area contributed by atoms with Gasteiger partial charge in [-0.1, -0.05) is 37.8 Å². The highest BCUT2D eigenvalue weighted by atomic mass is 35.5. The van der Waals surface area contributed by atoms with Crippen LogP contribution in [0.3, 0.4) is 0 Å². The number of pyridine rings is 1. The Bertz CT molecular complexity index is 381. The van der Waals surface area contributed by atoms with Crippen LogP contribution in [0.2, 0.25) is 5.02 Å². The maximum absolute atomic E-state index is 6.26. The number of nitrogens with one attached hydrogen (secondary N) is 1. The average molecular weight is 281 g/mol. The first kappa shape index (κ1) is 14.8. The molecular formula is C16H25ClN2. The molecule has 1 aliphatic carbocycles. The Morgan fingerprint density at radius 3 is 2.79 bits per heavy atom. The smallest absolute Gasteiger partial charge is 0.0621 e. The van der Waals surface area contributed by atoms with Crippen LogP contribution in [0, 0.1) is 11.8 Å². The lowest BCUT2D eigenvalue weighted by Crippen LogP contribution is -2.28. The number of hydrogen-bond acceptors (Lipinski definition) is 2. The summed E-state index contributed by atoms with van der Waals surface area (Å²) in [4.78, 5) is 4.08. The summed E-state index contributed by atoms with van der Waals surface area (Å²) in [7, 11) is 0. The van der Waals surface area contributed by atoms with Crippen molar-refractivity contribution in [1.29, 1.82) is 0 Å². The van der Waals surface area contributed by atoms with Crippen LogP contribution in [-0.2, 0) is 6.42 Å². The predicted molar refractivity (Wildman–Crippen MR) is 81.6 cm³/mol. The Morgan fingerprint density at radius 1 is 1.26 bits per heavy atom. The SMILES string of the molecule is CCNCC1CCCCCC1Cc1ccncc1Cl. The van der Waals surface area contributed by atoms with Crippen LogP contribution in [0.1, 0.15) is 44.6 Å². The highest BCUT2D eigenvalue weighted by Gasteiger charge is 2.24. The van der Waals surface area contributed by atoms with Crippen molar-refractivity contribution in [3.8, 4) is 0 Å². The summed E-state index contributed by atoms with van der Waals surface area (Å²) in [5.41, 5.74) is 1.27. The molecule has 1 aliphatic rings. The molecule has 1 fully saturated rings. The monoisotopic (exact) mass is 280 g/mol. The molecule has 0 radical (unpaired) electrons. The molecule has 2 nitrogen and oxygen atoms in total. The van der Waals surface area contributed by atoms with Gasteiger partial charge in [0.05, 0.1) is 5.02 Å².